The predicted octanol–water partition coefficient (Wildman–Crippen LogP) is 2.04. The van der Waals surface area contributed by atoms with Gasteiger partial charge in [0.25, 0.3) is 0 Å². The summed E-state index contributed by atoms with van der Waals surface area (Å²) in [4.78, 5) is 5.18. The number of nitrogens with zero attached hydrogens (tertiary/aromatic N) is 2. The van der Waals surface area contributed by atoms with Crippen LogP contribution in [0.5, 0.6) is 0 Å². The second-order valence-electron chi connectivity index (χ2n) is 7.65. The van der Waals surface area contributed by atoms with Crippen molar-refractivity contribution in [2.75, 3.05) is 40.3 Å². The van der Waals surface area contributed by atoms with Gasteiger partial charge in [0.2, 0.25) is 0 Å². The van der Waals surface area contributed by atoms with Crippen molar-refractivity contribution in [1.29, 1.82) is 0 Å². The van der Waals surface area contributed by atoms with Crippen LogP contribution in [-0.4, -0.2) is 62.2 Å². The molecule has 0 amide bonds. The zero-order valence-electron chi connectivity index (χ0n) is 13.6. The van der Waals surface area contributed by atoms with E-state index in [-0.39, 0.29) is 0 Å². The average Bonchev–Trinajstić information content (AvgIpc) is 2.33. The highest BCUT2D eigenvalue weighted by Crippen LogP contribution is 2.39. The summed E-state index contributed by atoms with van der Waals surface area (Å²) < 4.78 is 0. The Hall–Kier alpha value is -0.120. The molecule has 2 rings (SSSR count). The molecular formula is C16H33N3. The molecular weight excluding hydrogens is 234 g/mol. The molecule has 1 saturated carbocycles. The van der Waals surface area contributed by atoms with Gasteiger partial charge in [-0.3, -0.25) is 0 Å². The van der Waals surface area contributed by atoms with Crippen molar-refractivity contribution in [3.63, 3.8) is 0 Å². The Labute approximate surface area is 119 Å². The van der Waals surface area contributed by atoms with Crippen LogP contribution in [0.4, 0.5) is 0 Å². The minimum atomic E-state index is 0.538. The average molecular weight is 267 g/mol. The van der Waals surface area contributed by atoms with Crippen LogP contribution in [0.25, 0.3) is 0 Å². The van der Waals surface area contributed by atoms with E-state index in [2.05, 4.69) is 50.0 Å². The van der Waals surface area contributed by atoms with Crippen molar-refractivity contribution in [2.45, 2.75) is 52.1 Å². The minimum Gasteiger partial charge on any atom is -0.317 e. The monoisotopic (exact) mass is 267 g/mol. The van der Waals surface area contributed by atoms with E-state index < -0.39 is 0 Å². The molecule has 0 aromatic carbocycles. The van der Waals surface area contributed by atoms with Gasteiger partial charge in [0.15, 0.2) is 0 Å². The highest BCUT2D eigenvalue weighted by Gasteiger charge is 2.35. The van der Waals surface area contributed by atoms with Gasteiger partial charge in [0.1, 0.15) is 0 Å². The number of hydrogen-bond acceptors (Lipinski definition) is 3. The van der Waals surface area contributed by atoms with Crippen LogP contribution in [-0.2, 0) is 0 Å². The normalized spacial score (nSPS) is 37.4. The number of likely N-dealkylation sites (N-methyl/N-ethyl adjacent to an activating group) is 1. The summed E-state index contributed by atoms with van der Waals surface area (Å²) in [6.45, 7) is 12.2. The lowest BCUT2D eigenvalue weighted by molar-refractivity contribution is 0.0578. The summed E-state index contributed by atoms with van der Waals surface area (Å²) >= 11 is 0. The first-order valence-corrected chi connectivity index (χ1v) is 8.01. The van der Waals surface area contributed by atoms with Gasteiger partial charge in [-0.15, -0.1) is 0 Å². The van der Waals surface area contributed by atoms with Gasteiger partial charge < -0.3 is 15.1 Å². The van der Waals surface area contributed by atoms with Crippen molar-refractivity contribution in [3.05, 3.63) is 0 Å². The second-order valence-corrected chi connectivity index (χ2v) is 7.65. The lowest BCUT2D eigenvalue weighted by Crippen LogP contribution is -2.54. The van der Waals surface area contributed by atoms with E-state index in [0.717, 1.165) is 12.0 Å². The molecule has 3 unspecified atom stereocenters. The fourth-order valence-corrected chi connectivity index (χ4v) is 3.93. The standard InChI is InChI=1S/C16H33N3/c1-13-11-19(9-8-18(13)5)12-14-10-16(2,3)7-6-15(14)17-4/h13-15,17H,6-12H2,1-5H3. The van der Waals surface area contributed by atoms with E-state index >= 15 is 0 Å². The summed E-state index contributed by atoms with van der Waals surface area (Å²) in [5.41, 5.74) is 0.538. The highest BCUT2D eigenvalue weighted by atomic mass is 15.3. The first-order valence-electron chi connectivity index (χ1n) is 8.01. The summed E-state index contributed by atoms with van der Waals surface area (Å²) in [5.74, 6) is 0.823. The molecule has 2 aliphatic rings. The van der Waals surface area contributed by atoms with Crippen LogP contribution in [0, 0.1) is 11.3 Å². The SMILES string of the molecule is CNC1CCC(C)(C)CC1CN1CCN(C)C(C)C1. The Balaban J connectivity index is 1.92. The van der Waals surface area contributed by atoms with Crippen LogP contribution < -0.4 is 5.32 Å². The molecule has 1 aliphatic heterocycles. The third kappa shape index (κ3) is 3.93. The lowest BCUT2D eigenvalue weighted by atomic mass is 9.69. The highest BCUT2D eigenvalue weighted by molar-refractivity contribution is 4.90. The molecule has 1 aliphatic carbocycles. The largest absolute Gasteiger partial charge is 0.317 e. The van der Waals surface area contributed by atoms with Gasteiger partial charge in [-0.25, -0.2) is 0 Å². The molecule has 1 heterocycles. The molecule has 112 valence electrons. The smallest absolute Gasteiger partial charge is 0.0192 e. The molecule has 3 atom stereocenters. The van der Waals surface area contributed by atoms with Crippen LogP contribution in [0.1, 0.15) is 40.0 Å². The van der Waals surface area contributed by atoms with E-state index in [4.69, 9.17) is 0 Å². The van der Waals surface area contributed by atoms with Crippen molar-refractivity contribution < 1.29 is 0 Å². The van der Waals surface area contributed by atoms with E-state index in [1.165, 1.54) is 45.4 Å². The maximum atomic E-state index is 3.56. The minimum absolute atomic E-state index is 0.538. The van der Waals surface area contributed by atoms with Gasteiger partial charge in [-0.1, -0.05) is 13.8 Å². The first kappa shape index (κ1) is 15.3. The Bertz CT molecular complexity index is 290. The second kappa shape index (κ2) is 6.11. The Kier molecular flexibility index (Phi) is 4.91. The van der Waals surface area contributed by atoms with E-state index in [1.54, 1.807) is 0 Å². The van der Waals surface area contributed by atoms with Gasteiger partial charge >= 0.3 is 0 Å². The van der Waals surface area contributed by atoms with E-state index in [9.17, 15) is 0 Å². The molecule has 0 spiro atoms. The molecule has 0 aromatic heterocycles. The van der Waals surface area contributed by atoms with Crippen molar-refractivity contribution in [2.24, 2.45) is 11.3 Å². The summed E-state index contributed by atoms with van der Waals surface area (Å²) in [6, 6.07) is 1.43. The quantitative estimate of drug-likeness (QED) is 0.844. The molecule has 2 fully saturated rings. The van der Waals surface area contributed by atoms with Crippen LogP contribution in [0.2, 0.25) is 0 Å². The van der Waals surface area contributed by atoms with Crippen LogP contribution in [0.15, 0.2) is 0 Å². The topological polar surface area (TPSA) is 18.5 Å². The number of nitrogens with one attached hydrogen (secondary N) is 1. The third-order valence-electron chi connectivity index (χ3n) is 5.42. The summed E-state index contributed by atoms with van der Waals surface area (Å²) in [6.07, 6.45) is 4.09. The molecule has 1 N–H and O–H groups in total. The van der Waals surface area contributed by atoms with Gasteiger partial charge in [0, 0.05) is 38.3 Å². The number of piperazine rings is 1. The molecule has 3 nitrogen and oxygen atoms in total. The van der Waals surface area contributed by atoms with Crippen molar-refractivity contribution in [1.82, 2.24) is 15.1 Å². The predicted molar refractivity (Wildman–Crippen MR) is 82.5 cm³/mol. The number of rotatable bonds is 3. The fourth-order valence-electron chi connectivity index (χ4n) is 3.93. The summed E-state index contributed by atoms with van der Waals surface area (Å²) in [7, 11) is 4.39. The molecule has 0 aromatic rings. The van der Waals surface area contributed by atoms with E-state index in [0.29, 0.717) is 11.5 Å². The van der Waals surface area contributed by atoms with Crippen molar-refractivity contribution >= 4 is 0 Å². The van der Waals surface area contributed by atoms with Crippen LogP contribution in [0.3, 0.4) is 0 Å². The molecule has 0 bridgehead atoms. The van der Waals surface area contributed by atoms with Gasteiger partial charge in [0.05, 0.1) is 0 Å². The van der Waals surface area contributed by atoms with Crippen molar-refractivity contribution in [3.8, 4) is 0 Å². The van der Waals surface area contributed by atoms with Crippen LogP contribution >= 0.6 is 0 Å². The zero-order chi connectivity index (χ0) is 14.0. The maximum Gasteiger partial charge on any atom is 0.0192 e. The Morgan fingerprint density at radius 2 is 2.00 bits per heavy atom. The fraction of sp³-hybridized carbons (Fsp3) is 1.00. The molecule has 1 saturated heterocycles. The zero-order valence-corrected chi connectivity index (χ0v) is 13.6. The molecule has 19 heavy (non-hydrogen) atoms. The summed E-state index contributed by atoms with van der Waals surface area (Å²) in [5, 5.41) is 3.56. The third-order valence-corrected chi connectivity index (χ3v) is 5.42. The van der Waals surface area contributed by atoms with E-state index in [1.807, 2.05) is 0 Å². The van der Waals surface area contributed by atoms with Gasteiger partial charge in [-0.2, -0.15) is 0 Å². The number of hydrogen-bond donors (Lipinski definition) is 1. The lowest BCUT2D eigenvalue weighted by Gasteiger charge is -2.45. The first-order chi connectivity index (χ1) is 8.91. The molecule has 0 radical (unpaired) electrons. The molecule has 3 heteroatoms. The Morgan fingerprint density at radius 1 is 1.26 bits per heavy atom. The maximum absolute atomic E-state index is 3.56. The van der Waals surface area contributed by atoms with Gasteiger partial charge in [-0.05, 0) is 51.6 Å². The Morgan fingerprint density at radius 3 is 2.63 bits per heavy atom.